The first kappa shape index (κ1) is 20.9. The lowest BCUT2D eigenvalue weighted by atomic mass is 10.1. The Kier molecular flexibility index (Phi) is 6.56. The normalized spacial score (nSPS) is 11.2. The molecule has 0 saturated heterocycles. The topological polar surface area (TPSA) is 83.5 Å². The Hall–Kier alpha value is -2.83. The van der Waals surface area contributed by atoms with Gasteiger partial charge < -0.3 is 10.4 Å². The first-order valence-corrected chi connectivity index (χ1v) is 11.0. The van der Waals surface area contributed by atoms with Gasteiger partial charge in [0.15, 0.2) is 9.84 Å². The number of phenolic OH excluding ortho intramolecular Hbond substituents is 1. The number of phenols is 1. The molecule has 3 rings (SSSR count). The predicted molar refractivity (Wildman–Crippen MR) is 114 cm³/mol. The van der Waals surface area contributed by atoms with Gasteiger partial charge in [0.2, 0.25) is 0 Å². The molecule has 7 heteroatoms. The largest absolute Gasteiger partial charge is 0.506 e. The van der Waals surface area contributed by atoms with Gasteiger partial charge in [0, 0.05) is 10.6 Å². The molecule has 0 aliphatic carbocycles. The maximum absolute atomic E-state index is 12.4. The van der Waals surface area contributed by atoms with Crippen molar-refractivity contribution in [2.45, 2.75) is 17.7 Å². The lowest BCUT2D eigenvalue weighted by Crippen LogP contribution is -2.12. The molecule has 0 atom stereocenters. The number of aryl methyl sites for hydroxylation is 1. The van der Waals surface area contributed by atoms with E-state index in [0.29, 0.717) is 23.4 Å². The lowest BCUT2D eigenvalue weighted by molar-refractivity contribution is 0.102. The van der Waals surface area contributed by atoms with E-state index < -0.39 is 9.84 Å². The summed E-state index contributed by atoms with van der Waals surface area (Å²) in [6.07, 6.45) is 0.892. The molecule has 0 aliphatic heterocycles. The molecule has 0 bridgehead atoms. The van der Waals surface area contributed by atoms with E-state index in [1.54, 1.807) is 48.5 Å². The van der Waals surface area contributed by atoms with Gasteiger partial charge in [-0.25, -0.2) is 8.42 Å². The van der Waals surface area contributed by atoms with Crippen LogP contribution >= 0.6 is 11.6 Å². The van der Waals surface area contributed by atoms with Crippen LogP contribution in [0.3, 0.4) is 0 Å². The van der Waals surface area contributed by atoms with Crippen molar-refractivity contribution in [1.29, 1.82) is 0 Å². The zero-order valence-corrected chi connectivity index (χ0v) is 17.1. The van der Waals surface area contributed by atoms with Crippen molar-refractivity contribution in [2.75, 3.05) is 11.1 Å². The highest BCUT2D eigenvalue weighted by Gasteiger charge is 2.14. The summed E-state index contributed by atoms with van der Waals surface area (Å²) in [4.78, 5) is 12.5. The Labute approximate surface area is 174 Å². The second kappa shape index (κ2) is 9.11. The molecular formula is C22H20ClNO4S. The van der Waals surface area contributed by atoms with Crippen molar-refractivity contribution in [3.05, 3.63) is 88.9 Å². The fraction of sp³-hybridized carbons (Fsp3) is 0.136. The van der Waals surface area contributed by atoms with Gasteiger partial charge in [-0.05, 0) is 66.9 Å². The van der Waals surface area contributed by atoms with Crippen LogP contribution in [0.1, 0.15) is 22.3 Å². The molecule has 0 saturated carbocycles. The van der Waals surface area contributed by atoms with Crippen LogP contribution in [0.15, 0.2) is 77.7 Å². The SMILES string of the molecule is O=C(Nc1cc(CCCS(=O)(=O)c2ccc(Cl)cc2)ccc1O)c1ccccc1. The summed E-state index contributed by atoms with van der Waals surface area (Å²) in [5.74, 6) is -0.392. The Bertz CT molecular complexity index is 1100. The van der Waals surface area contributed by atoms with Crippen LogP contribution in [-0.2, 0) is 16.3 Å². The van der Waals surface area contributed by atoms with Crippen molar-refractivity contribution in [3.63, 3.8) is 0 Å². The number of nitrogens with one attached hydrogen (secondary N) is 1. The molecule has 0 fully saturated rings. The molecule has 0 spiro atoms. The van der Waals surface area contributed by atoms with Gasteiger partial charge in [0.25, 0.3) is 5.91 Å². The van der Waals surface area contributed by atoms with Crippen molar-refractivity contribution < 1.29 is 18.3 Å². The number of hydrogen-bond donors (Lipinski definition) is 2. The van der Waals surface area contributed by atoms with E-state index in [1.807, 2.05) is 6.07 Å². The van der Waals surface area contributed by atoms with Gasteiger partial charge in [0.05, 0.1) is 16.3 Å². The molecule has 0 aromatic heterocycles. The minimum absolute atomic E-state index is 0.0127. The molecule has 0 unspecified atom stereocenters. The van der Waals surface area contributed by atoms with Crippen molar-refractivity contribution in [1.82, 2.24) is 0 Å². The molecule has 1 amide bonds. The third kappa shape index (κ3) is 5.59. The third-order valence-electron chi connectivity index (χ3n) is 4.40. The van der Waals surface area contributed by atoms with E-state index >= 15 is 0 Å². The van der Waals surface area contributed by atoms with Gasteiger partial charge in [-0.1, -0.05) is 35.9 Å². The summed E-state index contributed by atoms with van der Waals surface area (Å²) in [6, 6.07) is 19.6. The van der Waals surface area contributed by atoms with Crippen molar-refractivity contribution >= 4 is 33.0 Å². The number of amides is 1. The standard InChI is InChI=1S/C22H20ClNO4S/c23-18-9-11-19(12-10-18)29(27,28)14-4-5-16-8-13-21(25)20(15-16)24-22(26)17-6-2-1-3-7-17/h1-3,6-13,15,25H,4-5,14H2,(H,24,26). The first-order valence-electron chi connectivity index (χ1n) is 9.02. The maximum Gasteiger partial charge on any atom is 0.255 e. The van der Waals surface area contributed by atoms with Gasteiger partial charge >= 0.3 is 0 Å². The summed E-state index contributed by atoms with van der Waals surface area (Å²) < 4.78 is 24.8. The number of halogens is 1. The second-order valence-electron chi connectivity index (χ2n) is 6.55. The van der Waals surface area contributed by atoms with E-state index in [4.69, 9.17) is 11.6 Å². The van der Waals surface area contributed by atoms with Crippen LogP contribution in [0, 0.1) is 0 Å². The highest BCUT2D eigenvalue weighted by atomic mass is 35.5. The van der Waals surface area contributed by atoms with E-state index in [2.05, 4.69) is 5.32 Å². The monoisotopic (exact) mass is 429 g/mol. The van der Waals surface area contributed by atoms with Crippen molar-refractivity contribution in [2.24, 2.45) is 0 Å². The summed E-state index contributed by atoms with van der Waals surface area (Å²) in [7, 11) is -3.40. The van der Waals surface area contributed by atoms with Gasteiger partial charge in [-0.15, -0.1) is 0 Å². The van der Waals surface area contributed by atoms with E-state index in [1.165, 1.54) is 18.2 Å². The van der Waals surface area contributed by atoms with E-state index in [0.717, 1.165) is 5.56 Å². The average molecular weight is 430 g/mol. The third-order valence-corrected chi connectivity index (χ3v) is 6.46. The molecule has 0 aliphatic rings. The maximum atomic E-state index is 12.4. The fourth-order valence-corrected chi connectivity index (χ4v) is 4.29. The Morgan fingerprint density at radius 1 is 0.966 bits per heavy atom. The van der Waals surface area contributed by atoms with Gasteiger partial charge in [0.1, 0.15) is 5.75 Å². The predicted octanol–water partition coefficient (Wildman–Crippen LogP) is 4.70. The minimum atomic E-state index is -3.40. The number of hydrogen-bond acceptors (Lipinski definition) is 4. The number of aromatic hydroxyl groups is 1. The average Bonchev–Trinajstić information content (AvgIpc) is 2.71. The second-order valence-corrected chi connectivity index (χ2v) is 9.09. The lowest BCUT2D eigenvalue weighted by Gasteiger charge is -2.10. The molecule has 0 radical (unpaired) electrons. The van der Waals surface area contributed by atoms with Gasteiger partial charge in [-0.3, -0.25) is 4.79 Å². The smallest absolute Gasteiger partial charge is 0.255 e. The number of anilines is 1. The number of rotatable bonds is 7. The van der Waals surface area contributed by atoms with E-state index in [9.17, 15) is 18.3 Å². The summed E-state index contributed by atoms with van der Waals surface area (Å²) >= 11 is 5.80. The summed E-state index contributed by atoms with van der Waals surface area (Å²) in [5.41, 5.74) is 1.58. The Balaban J connectivity index is 1.64. The van der Waals surface area contributed by atoms with Crippen LogP contribution in [0.25, 0.3) is 0 Å². The first-order chi connectivity index (χ1) is 13.8. The minimum Gasteiger partial charge on any atom is -0.506 e. The van der Waals surface area contributed by atoms with E-state index in [-0.39, 0.29) is 28.0 Å². The number of benzene rings is 3. The number of carbonyl (C=O) groups is 1. The van der Waals surface area contributed by atoms with Crippen molar-refractivity contribution in [3.8, 4) is 5.75 Å². The molecule has 3 aromatic rings. The molecule has 5 nitrogen and oxygen atoms in total. The quantitative estimate of drug-likeness (QED) is 0.533. The number of carbonyl (C=O) groups excluding carboxylic acids is 1. The Morgan fingerprint density at radius 3 is 2.34 bits per heavy atom. The molecule has 150 valence electrons. The zero-order valence-electron chi connectivity index (χ0n) is 15.5. The molecular weight excluding hydrogens is 410 g/mol. The van der Waals surface area contributed by atoms with Crippen LogP contribution in [0.5, 0.6) is 5.75 Å². The summed E-state index contributed by atoms with van der Waals surface area (Å²) in [6.45, 7) is 0. The van der Waals surface area contributed by atoms with Crippen LogP contribution in [0.2, 0.25) is 5.02 Å². The Morgan fingerprint density at radius 2 is 1.66 bits per heavy atom. The van der Waals surface area contributed by atoms with Gasteiger partial charge in [-0.2, -0.15) is 0 Å². The van der Waals surface area contributed by atoms with Crippen LogP contribution in [0.4, 0.5) is 5.69 Å². The highest BCUT2D eigenvalue weighted by Crippen LogP contribution is 2.26. The van der Waals surface area contributed by atoms with Crippen LogP contribution < -0.4 is 5.32 Å². The highest BCUT2D eigenvalue weighted by molar-refractivity contribution is 7.91. The molecule has 3 aromatic carbocycles. The molecule has 0 heterocycles. The molecule has 29 heavy (non-hydrogen) atoms. The summed E-state index contributed by atoms with van der Waals surface area (Å²) in [5, 5.41) is 13.2. The fourth-order valence-electron chi connectivity index (χ4n) is 2.85. The van der Waals surface area contributed by atoms with Crippen LogP contribution in [-0.4, -0.2) is 25.2 Å². The molecule has 2 N–H and O–H groups in total. The zero-order chi connectivity index (χ0) is 20.9. The number of sulfone groups is 1.